The van der Waals surface area contributed by atoms with Crippen molar-refractivity contribution < 1.29 is 0 Å². The highest BCUT2D eigenvalue weighted by Gasteiger charge is 2.12. The van der Waals surface area contributed by atoms with Crippen LogP contribution >= 0.6 is 22.7 Å². The van der Waals surface area contributed by atoms with Crippen LogP contribution in [0.1, 0.15) is 0 Å². The van der Waals surface area contributed by atoms with Crippen molar-refractivity contribution in [3.05, 3.63) is 109 Å². The number of nitrogens with one attached hydrogen (secondary N) is 1. The normalized spacial score (nSPS) is 11.6. The molecule has 2 heterocycles. The maximum atomic E-state index is 3.74. The first-order chi connectivity index (χ1) is 16.3. The summed E-state index contributed by atoms with van der Waals surface area (Å²) in [7, 11) is 0. The molecule has 0 radical (unpaired) electrons. The van der Waals surface area contributed by atoms with Crippen LogP contribution in [0.15, 0.2) is 109 Å². The molecule has 1 N–H and O–H groups in total. The summed E-state index contributed by atoms with van der Waals surface area (Å²) in [6, 6.07) is 39.4. The second kappa shape index (κ2) is 7.45. The van der Waals surface area contributed by atoms with Gasteiger partial charge in [-0.2, -0.15) is 0 Å². The van der Waals surface area contributed by atoms with Gasteiger partial charge in [0.05, 0.1) is 0 Å². The minimum atomic E-state index is 1.12. The van der Waals surface area contributed by atoms with Crippen LogP contribution in [0.4, 0.5) is 11.4 Å². The van der Waals surface area contributed by atoms with E-state index in [1.165, 1.54) is 51.5 Å². The molecule has 156 valence electrons. The Morgan fingerprint density at radius 2 is 1.18 bits per heavy atom. The molecule has 0 bridgehead atoms. The second-order valence-corrected chi connectivity index (χ2v) is 10.5. The van der Waals surface area contributed by atoms with E-state index in [9.17, 15) is 0 Å². The van der Waals surface area contributed by atoms with Crippen molar-refractivity contribution in [2.75, 3.05) is 5.32 Å². The van der Waals surface area contributed by atoms with E-state index in [-0.39, 0.29) is 0 Å². The van der Waals surface area contributed by atoms with E-state index in [4.69, 9.17) is 0 Å². The first-order valence-electron chi connectivity index (χ1n) is 11.0. The highest BCUT2D eigenvalue weighted by atomic mass is 32.1. The summed E-state index contributed by atoms with van der Waals surface area (Å²) in [5.74, 6) is 0. The van der Waals surface area contributed by atoms with Crippen molar-refractivity contribution in [3.63, 3.8) is 0 Å². The van der Waals surface area contributed by atoms with Crippen molar-refractivity contribution in [1.82, 2.24) is 0 Å². The second-order valence-electron chi connectivity index (χ2n) is 8.29. The lowest BCUT2D eigenvalue weighted by Gasteiger charge is -2.09. The van der Waals surface area contributed by atoms with Crippen LogP contribution in [0.3, 0.4) is 0 Å². The number of thiophene rings is 2. The van der Waals surface area contributed by atoms with Crippen LogP contribution in [-0.4, -0.2) is 0 Å². The molecular weight excluding hydrogens is 438 g/mol. The molecule has 0 unspecified atom stereocenters. The number of benzene rings is 5. The van der Waals surface area contributed by atoms with Crippen molar-refractivity contribution in [2.45, 2.75) is 0 Å². The Labute approximate surface area is 199 Å². The zero-order valence-electron chi connectivity index (χ0n) is 17.7. The Kier molecular flexibility index (Phi) is 4.26. The van der Waals surface area contributed by atoms with Crippen LogP contribution in [0.25, 0.3) is 51.5 Å². The van der Waals surface area contributed by atoms with E-state index < -0.39 is 0 Å². The Hall–Kier alpha value is -3.66. The summed E-state index contributed by atoms with van der Waals surface area (Å²) in [6.07, 6.45) is 0. The maximum absolute atomic E-state index is 3.74. The molecule has 0 amide bonds. The van der Waals surface area contributed by atoms with Gasteiger partial charge in [-0.3, -0.25) is 0 Å². The molecule has 7 aromatic rings. The van der Waals surface area contributed by atoms with E-state index in [0.29, 0.717) is 0 Å². The van der Waals surface area contributed by atoms with Gasteiger partial charge in [-0.05, 0) is 59.7 Å². The molecule has 33 heavy (non-hydrogen) atoms. The third-order valence-electron chi connectivity index (χ3n) is 6.26. The van der Waals surface area contributed by atoms with Crippen LogP contribution in [0.2, 0.25) is 0 Å². The van der Waals surface area contributed by atoms with Crippen molar-refractivity contribution in [2.24, 2.45) is 0 Å². The van der Waals surface area contributed by atoms with Gasteiger partial charge in [0.15, 0.2) is 0 Å². The summed E-state index contributed by atoms with van der Waals surface area (Å²) in [6.45, 7) is 0. The van der Waals surface area contributed by atoms with E-state index in [1.54, 1.807) is 0 Å². The molecule has 0 aliphatic heterocycles. The molecule has 1 nitrogen and oxygen atoms in total. The smallest absolute Gasteiger partial charge is 0.0478 e. The van der Waals surface area contributed by atoms with Gasteiger partial charge in [0.1, 0.15) is 0 Å². The molecule has 0 saturated carbocycles. The fourth-order valence-corrected chi connectivity index (χ4v) is 6.90. The topological polar surface area (TPSA) is 12.0 Å². The molecule has 0 atom stereocenters. The quantitative estimate of drug-likeness (QED) is 0.278. The molecule has 7 rings (SSSR count). The van der Waals surface area contributed by atoms with Crippen molar-refractivity contribution >= 4 is 74.4 Å². The van der Waals surface area contributed by atoms with Crippen LogP contribution in [0.5, 0.6) is 0 Å². The number of anilines is 2. The largest absolute Gasteiger partial charge is 0.355 e. The lowest BCUT2D eigenvalue weighted by molar-refractivity contribution is 1.62. The molecule has 3 heteroatoms. The fourth-order valence-electron chi connectivity index (χ4n) is 4.70. The molecule has 0 fully saturated rings. The number of hydrogen-bond donors (Lipinski definition) is 1. The third-order valence-corrected chi connectivity index (χ3v) is 8.55. The summed E-state index contributed by atoms with van der Waals surface area (Å²) >= 11 is 3.71. The summed E-state index contributed by atoms with van der Waals surface area (Å²) in [4.78, 5) is 0. The summed E-state index contributed by atoms with van der Waals surface area (Å²) in [5, 5.41) is 8.99. The van der Waals surface area contributed by atoms with Gasteiger partial charge < -0.3 is 5.32 Å². The molecule has 0 spiro atoms. The fraction of sp³-hybridized carbons (Fsp3) is 0. The highest BCUT2D eigenvalue weighted by Crippen LogP contribution is 2.42. The van der Waals surface area contributed by atoms with Gasteiger partial charge in [-0.25, -0.2) is 0 Å². The lowest BCUT2D eigenvalue weighted by atomic mass is 10.0. The number of fused-ring (bicyclic) bond motifs is 6. The highest BCUT2D eigenvalue weighted by molar-refractivity contribution is 7.26. The molecule has 0 aliphatic rings. The molecule has 0 aliphatic carbocycles. The van der Waals surface area contributed by atoms with Crippen LogP contribution < -0.4 is 5.32 Å². The SMILES string of the molecule is c1ccc(-c2ccc3sc4cccc(Nc5ccc6sc7ccccc7c6c5)c4c3c2)cc1. The predicted molar refractivity (Wildman–Crippen MR) is 147 cm³/mol. The van der Waals surface area contributed by atoms with Crippen molar-refractivity contribution in [1.29, 1.82) is 0 Å². The summed E-state index contributed by atoms with van der Waals surface area (Å²) in [5.41, 5.74) is 4.78. The monoisotopic (exact) mass is 457 g/mol. The van der Waals surface area contributed by atoms with E-state index >= 15 is 0 Å². The molecule has 0 saturated heterocycles. The maximum Gasteiger partial charge on any atom is 0.0478 e. The van der Waals surface area contributed by atoms with Gasteiger partial charge >= 0.3 is 0 Å². The lowest BCUT2D eigenvalue weighted by Crippen LogP contribution is -1.90. The Bertz CT molecular complexity index is 1790. The van der Waals surface area contributed by atoms with Gasteiger partial charge in [0.2, 0.25) is 0 Å². The Morgan fingerprint density at radius 3 is 2.12 bits per heavy atom. The minimum Gasteiger partial charge on any atom is -0.355 e. The molecular formula is C30H19NS2. The zero-order chi connectivity index (χ0) is 21.8. The first kappa shape index (κ1) is 18.9. The average Bonchev–Trinajstić information content (AvgIpc) is 3.43. The minimum absolute atomic E-state index is 1.12. The number of hydrogen-bond acceptors (Lipinski definition) is 3. The van der Waals surface area contributed by atoms with Crippen LogP contribution in [0, 0.1) is 0 Å². The standard InChI is InChI=1S/C30H19NS2/c1-2-7-19(8-3-1)20-13-15-28-24(17-20)30-25(10-6-12-29(30)33-28)31-21-14-16-27-23(18-21)22-9-4-5-11-26(22)32-27/h1-18,31H. The van der Waals surface area contributed by atoms with Gasteiger partial charge in [0, 0.05) is 51.7 Å². The third kappa shape index (κ3) is 3.12. The summed E-state index contributed by atoms with van der Waals surface area (Å²) < 4.78 is 5.29. The van der Waals surface area contributed by atoms with Crippen molar-refractivity contribution in [3.8, 4) is 11.1 Å². The first-order valence-corrected chi connectivity index (χ1v) is 12.7. The van der Waals surface area contributed by atoms with Gasteiger partial charge in [-0.1, -0.05) is 60.7 Å². The van der Waals surface area contributed by atoms with E-state index in [2.05, 4.69) is 115 Å². The average molecular weight is 458 g/mol. The molecule has 5 aromatic carbocycles. The number of rotatable bonds is 3. The van der Waals surface area contributed by atoms with E-state index in [0.717, 1.165) is 11.4 Å². The zero-order valence-corrected chi connectivity index (χ0v) is 19.3. The van der Waals surface area contributed by atoms with Gasteiger partial charge in [0.25, 0.3) is 0 Å². The molecule has 2 aromatic heterocycles. The van der Waals surface area contributed by atoms with Gasteiger partial charge in [-0.15, -0.1) is 22.7 Å². The van der Waals surface area contributed by atoms with E-state index in [1.807, 2.05) is 22.7 Å². The predicted octanol–water partition coefficient (Wildman–Crippen LogP) is 9.83. The Balaban J connectivity index is 1.38. The Morgan fingerprint density at radius 1 is 0.455 bits per heavy atom. The van der Waals surface area contributed by atoms with Crippen LogP contribution in [-0.2, 0) is 0 Å².